The van der Waals surface area contributed by atoms with Crippen molar-refractivity contribution in [2.45, 2.75) is 37.9 Å². The van der Waals surface area contributed by atoms with Gasteiger partial charge in [-0.05, 0) is 56.0 Å². The highest BCUT2D eigenvalue weighted by Gasteiger charge is 2.30. The number of aryl methyl sites for hydroxylation is 2. The van der Waals surface area contributed by atoms with Crippen molar-refractivity contribution in [3.8, 4) is 22.6 Å². The van der Waals surface area contributed by atoms with Gasteiger partial charge in [-0.3, -0.25) is 14.3 Å². The molecule has 162 valence electrons. The number of hydrogen-bond acceptors (Lipinski definition) is 7. The number of thiazole rings is 1. The molecule has 1 amide bonds. The maximum atomic E-state index is 12.6. The first-order valence-electron chi connectivity index (χ1n) is 10.4. The van der Waals surface area contributed by atoms with Gasteiger partial charge in [0.05, 0.1) is 11.4 Å². The normalized spacial score (nSPS) is 13.3. The first kappa shape index (κ1) is 20.8. The maximum absolute atomic E-state index is 12.6. The molecule has 0 bridgehead atoms. The van der Waals surface area contributed by atoms with E-state index in [9.17, 15) is 4.79 Å². The van der Waals surface area contributed by atoms with Crippen molar-refractivity contribution in [3.63, 3.8) is 0 Å². The molecule has 0 radical (unpaired) electrons. The van der Waals surface area contributed by atoms with Crippen molar-refractivity contribution >= 4 is 34.1 Å². The zero-order chi connectivity index (χ0) is 22.1. The Morgan fingerprint density at radius 3 is 2.81 bits per heavy atom. The second-order valence-electron chi connectivity index (χ2n) is 7.82. The molecule has 3 aromatic heterocycles. The van der Waals surface area contributed by atoms with Crippen molar-refractivity contribution in [1.29, 1.82) is 0 Å². The van der Waals surface area contributed by atoms with Crippen LogP contribution in [0.1, 0.15) is 30.0 Å². The van der Waals surface area contributed by atoms with Crippen molar-refractivity contribution in [2.24, 2.45) is 0 Å². The number of rotatable bonds is 7. The van der Waals surface area contributed by atoms with Crippen molar-refractivity contribution in [3.05, 3.63) is 59.2 Å². The van der Waals surface area contributed by atoms with Gasteiger partial charge in [-0.1, -0.05) is 23.9 Å². The average molecular weight is 463 g/mol. The quantitative estimate of drug-likeness (QED) is 0.383. The van der Waals surface area contributed by atoms with E-state index in [0.717, 1.165) is 40.6 Å². The van der Waals surface area contributed by atoms with E-state index in [2.05, 4.69) is 62.1 Å². The molecular weight excluding hydrogens is 440 g/mol. The minimum absolute atomic E-state index is 0.107. The van der Waals surface area contributed by atoms with E-state index in [1.54, 1.807) is 12.4 Å². The fraction of sp³-hybridized carbons (Fsp3) is 0.261. The van der Waals surface area contributed by atoms with Crippen LogP contribution in [0.5, 0.6) is 0 Å². The molecule has 9 heteroatoms. The number of nitrogens with one attached hydrogen (secondary N) is 1. The highest BCUT2D eigenvalue weighted by molar-refractivity contribution is 7.99. The summed E-state index contributed by atoms with van der Waals surface area (Å²) < 4.78 is 2.14. The summed E-state index contributed by atoms with van der Waals surface area (Å²) in [6, 6.07) is 10.5. The first-order chi connectivity index (χ1) is 15.6. The summed E-state index contributed by atoms with van der Waals surface area (Å²) in [6.45, 7) is 4.18. The summed E-state index contributed by atoms with van der Waals surface area (Å²) in [6.07, 6.45) is 5.74. The number of amides is 1. The third-order valence-corrected chi connectivity index (χ3v) is 7.08. The molecule has 0 atom stereocenters. The van der Waals surface area contributed by atoms with Gasteiger partial charge in [-0.25, -0.2) is 4.98 Å². The topological polar surface area (TPSA) is 85.6 Å². The summed E-state index contributed by atoms with van der Waals surface area (Å²) in [4.78, 5) is 21.3. The van der Waals surface area contributed by atoms with Crippen LogP contribution in [-0.2, 0) is 4.79 Å². The Morgan fingerprint density at radius 1 is 1.19 bits per heavy atom. The smallest absolute Gasteiger partial charge is 0.236 e. The number of aromatic nitrogens is 5. The van der Waals surface area contributed by atoms with Gasteiger partial charge >= 0.3 is 0 Å². The highest BCUT2D eigenvalue weighted by atomic mass is 32.2. The predicted octanol–water partition coefficient (Wildman–Crippen LogP) is 5.15. The van der Waals surface area contributed by atoms with E-state index in [4.69, 9.17) is 0 Å². The number of anilines is 1. The maximum Gasteiger partial charge on any atom is 0.236 e. The Bertz CT molecular complexity index is 1260. The molecule has 1 aromatic carbocycles. The molecule has 0 saturated heterocycles. The van der Waals surface area contributed by atoms with Crippen molar-refractivity contribution in [1.82, 2.24) is 24.7 Å². The molecule has 1 N–H and O–H groups in total. The van der Waals surface area contributed by atoms with E-state index < -0.39 is 0 Å². The van der Waals surface area contributed by atoms with E-state index in [1.165, 1.54) is 34.2 Å². The van der Waals surface area contributed by atoms with Crippen LogP contribution in [0.4, 0.5) is 5.13 Å². The Kier molecular flexibility index (Phi) is 5.75. The fourth-order valence-electron chi connectivity index (χ4n) is 3.38. The van der Waals surface area contributed by atoms with Gasteiger partial charge in [0, 0.05) is 34.9 Å². The summed E-state index contributed by atoms with van der Waals surface area (Å²) in [5.41, 5.74) is 5.34. The van der Waals surface area contributed by atoms with Gasteiger partial charge in [-0.2, -0.15) is 0 Å². The molecule has 1 saturated carbocycles. The van der Waals surface area contributed by atoms with Gasteiger partial charge in [-0.15, -0.1) is 21.5 Å². The number of carbonyl (C=O) groups excluding carboxylic acids is 1. The van der Waals surface area contributed by atoms with Crippen LogP contribution in [-0.4, -0.2) is 36.4 Å². The fourth-order valence-corrected chi connectivity index (χ4v) is 4.92. The van der Waals surface area contributed by atoms with Crippen LogP contribution in [0, 0.1) is 13.8 Å². The molecule has 1 aliphatic rings. The third kappa shape index (κ3) is 4.44. The van der Waals surface area contributed by atoms with Gasteiger partial charge in [0.1, 0.15) is 0 Å². The lowest BCUT2D eigenvalue weighted by molar-refractivity contribution is -0.113. The minimum Gasteiger partial charge on any atom is -0.301 e. The van der Waals surface area contributed by atoms with Crippen LogP contribution in [0.25, 0.3) is 22.6 Å². The molecule has 1 aliphatic carbocycles. The number of benzene rings is 1. The average Bonchev–Trinajstić information content (AvgIpc) is 3.38. The lowest BCUT2D eigenvalue weighted by Gasteiger charge is -2.08. The largest absolute Gasteiger partial charge is 0.301 e. The summed E-state index contributed by atoms with van der Waals surface area (Å²) >= 11 is 2.83. The van der Waals surface area contributed by atoms with Crippen LogP contribution in [0.2, 0.25) is 0 Å². The SMILES string of the molecule is Cc1ccc(-c2csc(NC(=O)CSc3nnc(-c4cccnc4)n3C3CC3)n2)cc1C. The van der Waals surface area contributed by atoms with E-state index >= 15 is 0 Å². The molecule has 4 aromatic rings. The predicted molar refractivity (Wildman–Crippen MR) is 128 cm³/mol. The van der Waals surface area contributed by atoms with Gasteiger partial charge in [0.15, 0.2) is 16.1 Å². The van der Waals surface area contributed by atoms with E-state index in [1.807, 2.05) is 17.5 Å². The van der Waals surface area contributed by atoms with Crippen LogP contribution < -0.4 is 5.32 Å². The molecule has 0 aliphatic heterocycles. The summed E-state index contributed by atoms with van der Waals surface area (Å²) in [5, 5.41) is 15.0. The lowest BCUT2D eigenvalue weighted by Crippen LogP contribution is -2.14. The zero-order valence-electron chi connectivity index (χ0n) is 17.8. The van der Waals surface area contributed by atoms with Gasteiger partial charge in [0.2, 0.25) is 5.91 Å². The third-order valence-electron chi connectivity index (χ3n) is 5.38. The second kappa shape index (κ2) is 8.84. The van der Waals surface area contributed by atoms with Crippen molar-refractivity contribution in [2.75, 3.05) is 11.1 Å². The Hall–Kier alpha value is -3.04. The molecule has 5 rings (SSSR count). The van der Waals surface area contributed by atoms with E-state index in [0.29, 0.717) is 11.2 Å². The summed E-state index contributed by atoms with van der Waals surface area (Å²) in [7, 11) is 0. The first-order valence-corrected chi connectivity index (χ1v) is 12.3. The molecule has 0 unspecified atom stereocenters. The van der Waals surface area contributed by atoms with E-state index in [-0.39, 0.29) is 11.7 Å². The second-order valence-corrected chi connectivity index (χ2v) is 9.62. The molecule has 0 spiro atoms. The Morgan fingerprint density at radius 2 is 2.06 bits per heavy atom. The number of nitrogens with zero attached hydrogens (tertiary/aromatic N) is 5. The van der Waals surface area contributed by atoms with Crippen molar-refractivity contribution < 1.29 is 4.79 Å². The minimum atomic E-state index is -0.107. The highest BCUT2D eigenvalue weighted by Crippen LogP contribution is 2.41. The summed E-state index contributed by atoms with van der Waals surface area (Å²) in [5.74, 6) is 0.946. The number of carbonyl (C=O) groups is 1. The molecule has 32 heavy (non-hydrogen) atoms. The van der Waals surface area contributed by atoms with Crippen LogP contribution in [0.15, 0.2) is 53.3 Å². The van der Waals surface area contributed by atoms with Gasteiger partial charge in [0.25, 0.3) is 0 Å². The molecule has 3 heterocycles. The Labute approximate surface area is 194 Å². The van der Waals surface area contributed by atoms with Crippen LogP contribution in [0.3, 0.4) is 0 Å². The zero-order valence-corrected chi connectivity index (χ0v) is 19.4. The monoisotopic (exact) mass is 462 g/mol. The van der Waals surface area contributed by atoms with Gasteiger partial charge < -0.3 is 5.32 Å². The lowest BCUT2D eigenvalue weighted by atomic mass is 10.1. The molecule has 1 fully saturated rings. The number of hydrogen-bond donors (Lipinski definition) is 1. The number of thioether (sulfide) groups is 1. The number of pyridine rings is 1. The molecule has 7 nitrogen and oxygen atoms in total. The standard InChI is InChI=1S/C23H22N6OS2/c1-14-5-6-16(10-15(14)2)19-12-31-22(25-19)26-20(30)13-32-23-28-27-21(29(23)18-7-8-18)17-4-3-9-24-11-17/h3-6,9-12,18H,7-8,13H2,1-2H3,(H,25,26,30). The molecular formula is C23H22N6OS2. The van der Waals surface area contributed by atoms with Crippen LogP contribution >= 0.6 is 23.1 Å². The Balaban J connectivity index is 1.25.